The summed E-state index contributed by atoms with van der Waals surface area (Å²) in [6.45, 7) is 2.40. The van der Waals surface area contributed by atoms with Crippen LogP contribution in [0.1, 0.15) is 36.2 Å². The van der Waals surface area contributed by atoms with E-state index in [4.69, 9.17) is 4.52 Å². The molecule has 1 fully saturated rings. The highest BCUT2D eigenvalue weighted by Crippen LogP contribution is 2.35. The number of likely N-dealkylation sites (tertiary alicyclic amines) is 1. The van der Waals surface area contributed by atoms with Crippen LogP contribution in [-0.4, -0.2) is 27.5 Å². The number of aromatic nitrogens is 2. The SMILES string of the molecule is Cc1noc(CCC(=O)N2CCC2c2ccccc2F)n1. The number of benzene rings is 1. The fraction of sp³-hybridized carbons (Fsp3) is 0.400. The first kappa shape index (κ1) is 13.7. The first-order valence-corrected chi connectivity index (χ1v) is 6.98. The number of carbonyl (C=O) groups is 1. The average Bonchev–Trinajstić information content (AvgIpc) is 2.84. The molecule has 0 radical (unpaired) electrons. The fourth-order valence-electron chi connectivity index (χ4n) is 2.55. The molecule has 1 unspecified atom stereocenters. The topological polar surface area (TPSA) is 59.2 Å². The summed E-state index contributed by atoms with van der Waals surface area (Å²) in [5.74, 6) is 0.757. The van der Waals surface area contributed by atoms with Gasteiger partial charge in [-0.05, 0) is 19.4 Å². The quantitative estimate of drug-likeness (QED) is 0.867. The lowest BCUT2D eigenvalue weighted by molar-refractivity contribution is -0.139. The molecule has 1 aliphatic rings. The second-order valence-electron chi connectivity index (χ2n) is 5.15. The van der Waals surface area contributed by atoms with Gasteiger partial charge in [0.2, 0.25) is 11.8 Å². The Morgan fingerprint density at radius 3 is 2.90 bits per heavy atom. The summed E-state index contributed by atoms with van der Waals surface area (Å²) in [5.41, 5.74) is 0.589. The lowest BCUT2D eigenvalue weighted by Gasteiger charge is -2.41. The first-order valence-electron chi connectivity index (χ1n) is 6.98. The van der Waals surface area contributed by atoms with Gasteiger partial charge in [0.25, 0.3) is 0 Å². The summed E-state index contributed by atoms with van der Waals surface area (Å²) in [5, 5.41) is 3.69. The molecule has 1 aromatic heterocycles. The molecule has 0 N–H and O–H groups in total. The monoisotopic (exact) mass is 289 g/mol. The summed E-state index contributed by atoms with van der Waals surface area (Å²) < 4.78 is 18.8. The maximum Gasteiger partial charge on any atom is 0.227 e. The third-order valence-electron chi connectivity index (χ3n) is 3.73. The van der Waals surface area contributed by atoms with Crippen LogP contribution in [-0.2, 0) is 11.2 Å². The van der Waals surface area contributed by atoms with E-state index in [-0.39, 0.29) is 17.8 Å². The van der Waals surface area contributed by atoms with Gasteiger partial charge in [-0.25, -0.2) is 4.39 Å². The summed E-state index contributed by atoms with van der Waals surface area (Å²) in [6, 6.07) is 6.46. The Balaban J connectivity index is 1.62. The Bertz CT molecular complexity index is 656. The lowest BCUT2D eigenvalue weighted by Crippen LogP contribution is -2.45. The Hall–Kier alpha value is -2.24. The minimum atomic E-state index is -0.257. The molecule has 6 heteroatoms. The predicted octanol–water partition coefficient (Wildman–Crippen LogP) is 2.42. The van der Waals surface area contributed by atoms with Gasteiger partial charge < -0.3 is 9.42 Å². The molecule has 1 aromatic carbocycles. The molecule has 110 valence electrons. The van der Waals surface area contributed by atoms with Crippen LogP contribution in [0.3, 0.4) is 0 Å². The molecule has 1 atom stereocenters. The van der Waals surface area contributed by atoms with E-state index in [1.54, 1.807) is 30.0 Å². The number of amides is 1. The third kappa shape index (κ3) is 2.79. The van der Waals surface area contributed by atoms with Gasteiger partial charge in [0.15, 0.2) is 5.82 Å². The van der Waals surface area contributed by atoms with Crippen LogP contribution in [0.15, 0.2) is 28.8 Å². The molecule has 0 aliphatic carbocycles. The van der Waals surface area contributed by atoms with E-state index in [2.05, 4.69) is 10.1 Å². The molecule has 2 aromatic rings. The van der Waals surface area contributed by atoms with Crippen molar-refractivity contribution >= 4 is 5.91 Å². The van der Waals surface area contributed by atoms with E-state index in [1.165, 1.54) is 6.07 Å². The molecule has 3 rings (SSSR count). The number of halogens is 1. The van der Waals surface area contributed by atoms with Crippen molar-refractivity contribution in [2.75, 3.05) is 6.54 Å². The molecule has 0 saturated carbocycles. The summed E-state index contributed by atoms with van der Waals surface area (Å²) in [4.78, 5) is 18.0. The van der Waals surface area contributed by atoms with E-state index in [9.17, 15) is 9.18 Å². The Kier molecular flexibility index (Phi) is 3.68. The van der Waals surface area contributed by atoms with Crippen LogP contribution < -0.4 is 0 Å². The summed E-state index contributed by atoms with van der Waals surface area (Å²) in [6.07, 6.45) is 1.51. The molecular formula is C15H16FN3O2. The molecule has 1 saturated heterocycles. The summed E-state index contributed by atoms with van der Waals surface area (Å²) >= 11 is 0. The van der Waals surface area contributed by atoms with Gasteiger partial charge in [0, 0.05) is 24.9 Å². The molecule has 0 spiro atoms. The van der Waals surface area contributed by atoms with Gasteiger partial charge in [-0.1, -0.05) is 23.4 Å². The van der Waals surface area contributed by atoms with Crippen LogP contribution in [0.4, 0.5) is 4.39 Å². The van der Waals surface area contributed by atoms with Crippen molar-refractivity contribution in [2.24, 2.45) is 0 Å². The highest BCUT2D eigenvalue weighted by atomic mass is 19.1. The number of nitrogens with zero attached hydrogens (tertiary/aromatic N) is 3. The number of aryl methyl sites for hydroxylation is 2. The molecule has 0 bridgehead atoms. The highest BCUT2D eigenvalue weighted by Gasteiger charge is 2.34. The lowest BCUT2D eigenvalue weighted by atomic mass is 9.93. The predicted molar refractivity (Wildman–Crippen MR) is 72.8 cm³/mol. The van der Waals surface area contributed by atoms with Crippen molar-refractivity contribution < 1.29 is 13.7 Å². The van der Waals surface area contributed by atoms with Gasteiger partial charge in [-0.15, -0.1) is 0 Å². The molecular weight excluding hydrogens is 273 g/mol. The minimum Gasteiger partial charge on any atom is -0.339 e. The largest absolute Gasteiger partial charge is 0.339 e. The van der Waals surface area contributed by atoms with E-state index in [1.807, 2.05) is 0 Å². The van der Waals surface area contributed by atoms with Crippen molar-refractivity contribution in [3.63, 3.8) is 0 Å². The maximum atomic E-state index is 13.8. The summed E-state index contributed by atoms with van der Waals surface area (Å²) in [7, 11) is 0. The Morgan fingerprint density at radius 2 is 2.29 bits per heavy atom. The van der Waals surface area contributed by atoms with Crippen molar-refractivity contribution in [3.05, 3.63) is 47.4 Å². The molecule has 2 heterocycles. The van der Waals surface area contributed by atoms with Gasteiger partial charge in [0.05, 0.1) is 6.04 Å². The van der Waals surface area contributed by atoms with Gasteiger partial charge in [-0.2, -0.15) is 4.98 Å². The molecule has 5 nitrogen and oxygen atoms in total. The van der Waals surface area contributed by atoms with Crippen LogP contribution in [0, 0.1) is 12.7 Å². The van der Waals surface area contributed by atoms with Crippen LogP contribution >= 0.6 is 0 Å². The van der Waals surface area contributed by atoms with E-state index < -0.39 is 0 Å². The molecule has 21 heavy (non-hydrogen) atoms. The zero-order valence-corrected chi connectivity index (χ0v) is 11.8. The smallest absolute Gasteiger partial charge is 0.227 e. The second kappa shape index (κ2) is 5.63. The Morgan fingerprint density at radius 1 is 1.48 bits per heavy atom. The van der Waals surface area contributed by atoms with Crippen molar-refractivity contribution in [1.29, 1.82) is 0 Å². The number of carbonyl (C=O) groups excluding carboxylic acids is 1. The molecule has 1 amide bonds. The van der Waals surface area contributed by atoms with Crippen LogP contribution in [0.25, 0.3) is 0 Å². The van der Waals surface area contributed by atoms with E-state index >= 15 is 0 Å². The van der Waals surface area contributed by atoms with Crippen molar-refractivity contribution in [1.82, 2.24) is 15.0 Å². The number of rotatable bonds is 4. The standard InChI is InChI=1S/C15H16FN3O2/c1-10-17-14(21-18-10)6-7-15(20)19-9-8-13(19)11-4-2-3-5-12(11)16/h2-5,13H,6-9H2,1H3. The Labute approximate surface area is 121 Å². The first-order chi connectivity index (χ1) is 10.1. The van der Waals surface area contributed by atoms with Crippen LogP contribution in [0.2, 0.25) is 0 Å². The number of hydrogen-bond acceptors (Lipinski definition) is 4. The van der Waals surface area contributed by atoms with Crippen LogP contribution in [0.5, 0.6) is 0 Å². The van der Waals surface area contributed by atoms with Crippen molar-refractivity contribution in [3.8, 4) is 0 Å². The number of hydrogen-bond donors (Lipinski definition) is 0. The third-order valence-corrected chi connectivity index (χ3v) is 3.73. The highest BCUT2D eigenvalue weighted by molar-refractivity contribution is 5.77. The average molecular weight is 289 g/mol. The normalized spacial score (nSPS) is 17.6. The second-order valence-corrected chi connectivity index (χ2v) is 5.15. The fourth-order valence-corrected chi connectivity index (χ4v) is 2.55. The molecule has 1 aliphatic heterocycles. The maximum absolute atomic E-state index is 13.8. The zero-order valence-electron chi connectivity index (χ0n) is 11.8. The van der Waals surface area contributed by atoms with Gasteiger partial charge >= 0.3 is 0 Å². The van der Waals surface area contributed by atoms with Crippen molar-refractivity contribution in [2.45, 2.75) is 32.2 Å². The zero-order chi connectivity index (χ0) is 14.8. The van der Waals surface area contributed by atoms with Gasteiger partial charge in [0.1, 0.15) is 5.82 Å². The van der Waals surface area contributed by atoms with Gasteiger partial charge in [-0.3, -0.25) is 4.79 Å². The minimum absolute atomic E-state index is 0.00893. The van der Waals surface area contributed by atoms with E-state index in [0.717, 1.165) is 6.42 Å². The van der Waals surface area contributed by atoms with E-state index in [0.29, 0.717) is 36.7 Å².